The van der Waals surface area contributed by atoms with Gasteiger partial charge in [-0.15, -0.1) is 0 Å². The Bertz CT molecular complexity index is 944. The minimum absolute atomic E-state index is 0.178. The first kappa shape index (κ1) is 35.9. The first-order valence-electron chi connectivity index (χ1n) is 14.8. The molecule has 0 aliphatic carbocycles. The first-order valence-corrected chi connectivity index (χ1v) is 14.8. The van der Waals surface area contributed by atoms with Gasteiger partial charge in [0.15, 0.2) is 0 Å². The van der Waals surface area contributed by atoms with Gasteiger partial charge < -0.3 is 28.4 Å². The van der Waals surface area contributed by atoms with E-state index in [0.29, 0.717) is 17.9 Å². The zero-order valence-electron chi connectivity index (χ0n) is 26.6. The van der Waals surface area contributed by atoms with E-state index in [1.165, 1.54) is 30.4 Å². The number of carbonyl (C=O) groups is 2. The largest absolute Gasteiger partial charge is 0.511 e. The van der Waals surface area contributed by atoms with Crippen LogP contribution in [-0.2, 0) is 30.8 Å². The Hall–Kier alpha value is -3.16. The van der Waals surface area contributed by atoms with E-state index in [4.69, 9.17) is 28.4 Å². The second-order valence-electron chi connectivity index (χ2n) is 10.9. The van der Waals surface area contributed by atoms with Gasteiger partial charge in [0.1, 0.15) is 11.5 Å². The molecule has 0 saturated heterocycles. The van der Waals surface area contributed by atoms with Crippen LogP contribution in [-0.4, -0.2) is 39.1 Å². The van der Waals surface area contributed by atoms with Crippen molar-refractivity contribution in [3.8, 4) is 11.5 Å². The molecule has 1 rings (SSSR count). The van der Waals surface area contributed by atoms with Crippen LogP contribution in [0.4, 0.5) is 9.59 Å². The smallest absolute Gasteiger partial charge is 0.457 e. The van der Waals surface area contributed by atoms with Crippen molar-refractivity contribution >= 4 is 12.3 Å². The Morgan fingerprint density at radius 2 is 1.34 bits per heavy atom. The highest BCUT2D eigenvalue weighted by molar-refractivity contribution is 5.60. The summed E-state index contributed by atoms with van der Waals surface area (Å²) in [5, 5.41) is 0. The second kappa shape index (κ2) is 19.8. The predicted molar refractivity (Wildman–Crippen MR) is 162 cm³/mol. The molecule has 0 atom stereocenters. The van der Waals surface area contributed by atoms with Gasteiger partial charge in [0.25, 0.3) is 0 Å². The standard InChI is InChI=1S/C33H52O8/c1-9-12-13-14-20-33(7,8)27-21-29(38-23-40-31(34)36-10-2)28(19-18-26(6)17-15-16-25(4)5)30(22-27)39-24-41-32(35)37-11-3/h16,18,21-22H,9-15,17,19-20,23-24H2,1-8H3. The van der Waals surface area contributed by atoms with Gasteiger partial charge in [-0.25, -0.2) is 9.59 Å². The van der Waals surface area contributed by atoms with E-state index >= 15 is 0 Å². The molecule has 0 bridgehead atoms. The minimum atomic E-state index is -0.796. The van der Waals surface area contributed by atoms with Crippen LogP contribution in [0.5, 0.6) is 11.5 Å². The van der Waals surface area contributed by atoms with Crippen molar-refractivity contribution in [2.24, 2.45) is 0 Å². The lowest BCUT2D eigenvalue weighted by Gasteiger charge is -2.28. The van der Waals surface area contributed by atoms with Crippen molar-refractivity contribution in [2.75, 3.05) is 26.8 Å². The molecule has 0 unspecified atom stereocenters. The quantitative estimate of drug-likeness (QED) is 0.0697. The molecular formula is C33H52O8. The Labute approximate surface area is 247 Å². The van der Waals surface area contributed by atoms with Crippen LogP contribution in [0.15, 0.2) is 35.4 Å². The van der Waals surface area contributed by atoms with E-state index in [1.54, 1.807) is 13.8 Å². The zero-order valence-corrected chi connectivity index (χ0v) is 26.6. The molecular weight excluding hydrogens is 524 g/mol. The predicted octanol–water partition coefficient (Wildman–Crippen LogP) is 9.19. The van der Waals surface area contributed by atoms with Crippen LogP contribution >= 0.6 is 0 Å². The molecule has 232 valence electrons. The summed E-state index contributed by atoms with van der Waals surface area (Å²) in [5.41, 5.74) is 4.12. The van der Waals surface area contributed by atoms with E-state index < -0.39 is 12.3 Å². The minimum Gasteiger partial charge on any atom is -0.457 e. The molecule has 0 saturated carbocycles. The van der Waals surface area contributed by atoms with Crippen LogP contribution in [0.1, 0.15) is 111 Å². The first-order chi connectivity index (χ1) is 19.5. The number of hydrogen-bond acceptors (Lipinski definition) is 8. The van der Waals surface area contributed by atoms with Crippen molar-refractivity contribution in [2.45, 2.75) is 112 Å². The van der Waals surface area contributed by atoms with Crippen molar-refractivity contribution in [3.05, 3.63) is 46.6 Å². The third kappa shape index (κ3) is 14.9. The van der Waals surface area contributed by atoms with Crippen LogP contribution in [0.2, 0.25) is 0 Å². The number of hydrogen-bond donors (Lipinski definition) is 0. The van der Waals surface area contributed by atoms with E-state index in [2.05, 4.69) is 53.7 Å². The van der Waals surface area contributed by atoms with Gasteiger partial charge in [0.2, 0.25) is 13.6 Å². The molecule has 41 heavy (non-hydrogen) atoms. The fourth-order valence-electron chi connectivity index (χ4n) is 4.18. The third-order valence-corrected chi connectivity index (χ3v) is 6.66. The molecule has 8 nitrogen and oxygen atoms in total. The van der Waals surface area contributed by atoms with Gasteiger partial charge in [0.05, 0.1) is 13.2 Å². The number of allylic oxidation sites excluding steroid dienone is 4. The highest BCUT2D eigenvalue weighted by Crippen LogP contribution is 2.39. The van der Waals surface area contributed by atoms with Gasteiger partial charge >= 0.3 is 12.3 Å². The maximum atomic E-state index is 11.8. The number of ether oxygens (including phenoxy) is 6. The normalized spacial score (nSPS) is 11.5. The Morgan fingerprint density at radius 3 is 1.83 bits per heavy atom. The second-order valence-corrected chi connectivity index (χ2v) is 10.9. The third-order valence-electron chi connectivity index (χ3n) is 6.66. The molecule has 0 spiro atoms. The molecule has 0 amide bonds. The van der Waals surface area contributed by atoms with Crippen LogP contribution in [0.25, 0.3) is 0 Å². The molecule has 0 aliphatic rings. The molecule has 1 aromatic carbocycles. The van der Waals surface area contributed by atoms with Crippen molar-refractivity contribution in [1.29, 1.82) is 0 Å². The van der Waals surface area contributed by atoms with E-state index in [-0.39, 0.29) is 32.2 Å². The van der Waals surface area contributed by atoms with Crippen molar-refractivity contribution in [3.63, 3.8) is 0 Å². The average Bonchev–Trinajstić information content (AvgIpc) is 2.90. The summed E-state index contributed by atoms with van der Waals surface area (Å²) in [7, 11) is 0. The fourth-order valence-corrected chi connectivity index (χ4v) is 4.18. The molecule has 1 aromatic rings. The topological polar surface area (TPSA) is 89.5 Å². The molecule has 0 N–H and O–H groups in total. The molecule has 0 aromatic heterocycles. The summed E-state index contributed by atoms with van der Waals surface area (Å²) < 4.78 is 32.0. The maximum absolute atomic E-state index is 11.8. The van der Waals surface area contributed by atoms with Gasteiger partial charge in [-0.3, -0.25) is 0 Å². The van der Waals surface area contributed by atoms with Crippen LogP contribution < -0.4 is 9.47 Å². The summed E-state index contributed by atoms with van der Waals surface area (Å²) >= 11 is 0. The number of benzene rings is 1. The highest BCUT2D eigenvalue weighted by atomic mass is 16.8. The van der Waals surface area contributed by atoms with Crippen molar-refractivity contribution < 1.29 is 38.0 Å². The van der Waals surface area contributed by atoms with E-state index in [9.17, 15) is 9.59 Å². The van der Waals surface area contributed by atoms with E-state index in [0.717, 1.165) is 36.8 Å². The molecule has 0 heterocycles. The Balaban J connectivity index is 3.40. The van der Waals surface area contributed by atoms with Crippen LogP contribution in [0, 0.1) is 0 Å². The number of unbranched alkanes of at least 4 members (excludes halogenated alkanes) is 3. The summed E-state index contributed by atoms with van der Waals surface area (Å²) in [6.07, 6.45) is 10.8. The van der Waals surface area contributed by atoms with Gasteiger partial charge in [-0.1, -0.05) is 69.8 Å². The zero-order chi connectivity index (χ0) is 30.7. The summed E-state index contributed by atoms with van der Waals surface area (Å²) in [5.74, 6) is 1.07. The fraction of sp³-hybridized carbons (Fsp3) is 0.636. The lowest BCUT2D eigenvalue weighted by Crippen LogP contribution is -2.19. The SMILES string of the molecule is CCCCCCC(C)(C)c1cc(OCOC(=O)OCC)c(CC=C(C)CCC=C(C)C)c(OCOC(=O)OCC)c1. The van der Waals surface area contributed by atoms with Crippen molar-refractivity contribution in [1.82, 2.24) is 0 Å². The Morgan fingerprint density at radius 1 is 0.780 bits per heavy atom. The summed E-state index contributed by atoms with van der Waals surface area (Å²) in [6, 6.07) is 3.99. The summed E-state index contributed by atoms with van der Waals surface area (Å²) in [4.78, 5) is 23.6. The Kier molecular flexibility index (Phi) is 17.4. The van der Waals surface area contributed by atoms with Gasteiger partial charge in [-0.05, 0) is 83.4 Å². The van der Waals surface area contributed by atoms with Gasteiger partial charge in [-0.2, -0.15) is 0 Å². The highest BCUT2D eigenvalue weighted by Gasteiger charge is 2.25. The monoisotopic (exact) mass is 576 g/mol. The maximum Gasteiger partial charge on any atom is 0.511 e. The number of carbonyl (C=O) groups excluding carboxylic acids is 2. The molecule has 0 fully saturated rings. The molecule has 0 aliphatic heterocycles. The lowest BCUT2D eigenvalue weighted by molar-refractivity contribution is 0.00457. The van der Waals surface area contributed by atoms with Crippen LogP contribution in [0.3, 0.4) is 0 Å². The van der Waals surface area contributed by atoms with E-state index in [1.807, 2.05) is 12.1 Å². The lowest BCUT2D eigenvalue weighted by atomic mass is 9.79. The van der Waals surface area contributed by atoms with Gasteiger partial charge in [0, 0.05) is 5.56 Å². The molecule has 8 heteroatoms. The molecule has 0 radical (unpaired) electrons. The summed E-state index contributed by atoms with van der Waals surface area (Å²) in [6.45, 7) is 16.1. The average molecular weight is 577 g/mol. The number of rotatable bonds is 19.